The van der Waals surface area contributed by atoms with Gasteiger partial charge in [0, 0.05) is 12.5 Å². The van der Waals surface area contributed by atoms with Gasteiger partial charge in [-0.2, -0.15) is 0 Å². The van der Waals surface area contributed by atoms with Gasteiger partial charge in [-0.05, 0) is 6.42 Å². The molecule has 2 N–H and O–H groups in total. The van der Waals surface area contributed by atoms with Crippen LogP contribution >= 0.6 is 0 Å². The van der Waals surface area contributed by atoms with E-state index in [9.17, 15) is 0 Å². The van der Waals surface area contributed by atoms with Crippen molar-refractivity contribution in [2.24, 2.45) is 0 Å². The van der Waals surface area contributed by atoms with Crippen molar-refractivity contribution in [1.29, 1.82) is 0 Å². The molecule has 1 rings (SSSR count). The summed E-state index contributed by atoms with van der Waals surface area (Å²) in [5, 5.41) is 3.69. The smallest absolute Gasteiger partial charge is 0.167 e. The molecular weight excluding hydrogens is 236 g/mol. The summed E-state index contributed by atoms with van der Waals surface area (Å²) >= 11 is 0. The maximum atomic E-state index is 5.50. The summed E-state index contributed by atoms with van der Waals surface area (Å²) in [6, 6.07) is 1.83. The lowest BCUT2D eigenvalue weighted by Gasteiger charge is -2.01. The van der Waals surface area contributed by atoms with Gasteiger partial charge in [0.25, 0.3) is 0 Å². The Morgan fingerprint density at radius 3 is 1.89 bits per heavy atom. The van der Waals surface area contributed by atoms with Crippen molar-refractivity contribution in [3.63, 3.8) is 0 Å². The predicted octanol–water partition coefficient (Wildman–Crippen LogP) is 5.11. The topological polar surface area (TPSA) is 52.0 Å². The first-order valence-corrected chi connectivity index (χ1v) is 8.04. The Hall–Kier alpha value is -0.990. The van der Waals surface area contributed by atoms with E-state index in [-0.39, 0.29) is 0 Å². The molecule has 0 saturated heterocycles. The number of hydrogen-bond acceptors (Lipinski definition) is 3. The Labute approximate surface area is 117 Å². The molecule has 0 bridgehead atoms. The molecule has 0 spiro atoms. The molecule has 1 aromatic rings. The number of nitrogen functional groups attached to an aromatic ring is 1. The van der Waals surface area contributed by atoms with Crippen LogP contribution in [0, 0.1) is 0 Å². The van der Waals surface area contributed by atoms with Crippen molar-refractivity contribution >= 4 is 5.82 Å². The number of nitrogens with zero attached hydrogens (tertiary/aromatic N) is 1. The third-order valence-corrected chi connectivity index (χ3v) is 3.60. The number of rotatable bonds is 12. The van der Waals surface area contributed by atoms with Gasteiger partial charge in [-0.1, -0.05) is 76.3 Å². The molecule has 3 nitrogen and oxygen atoms in total. The van der Waals surface area contributed by atoms with Crippen LogP contribution in [0.2, 0.25) is 0 Å². The third kappa shape index (κ3) is 8.68. The molecule has 0 amide bonds. The molecule has 3 heteroatoms. The van der Waals surface area contributed by atoms with E-state index in [4.69, 9.17) is 10.3 Å². The minimum atomic E-state index is 0.498. The number of hydrogen-bond donors (Lipinski definition) is 1. The number of nitrogens with two attached hydrogens (primary N) is 1. The van der Waals surface area contributed by atoms with Crippen LogP contribution < -0.4 is 5.73 Å². The number of aromatic nitrogens is 1. The van der Waals surface area contributed by atoms with E-state index in [1.807, 2.05) is 6.07 Å². The van der Waals surface area contributed by atoms with Crippen LogP contribution in [0.1, 0.15) is 83.3 Å². The van der Waals surface area contributed by atoms with Gasteiger partial charge in [0.2, 0.25) is 0 Å². The zero-order chi connectivity index (χ0) is 13.8. The minimum absolute atomic E-state index is 0.498. The lowest BCUT2D eigenvalue weighted by molar-refractivity contribution is 0.381. The van der Waals surface area contributed by atoms with Crippen molar-refractivity contribution in [2.45, 2.75) is 84.0 Å². The number of anilines is 1. The molecule has 1 heterocycles. The third-order valence-electron chi connectivity index (χ3n) is 3.60. The lowest BCUT2D eigenvalue weighted by atomic mass is 10.0. The molecule has 0 unspecified atom stereocenters. The van der Waals surface area contributed by atoms with E-state index in [2.05, 4.69) is 12.1 Å². The normalized spacial score (nSPS) is 11.0. The molecule has 1 aromatic heterocycles. The molecule has 0 atom stereocenters. The van der Waals surface area contributed by atoms with Crippen LogP contribution in [0.3, 0.4) is 0 Å². The van der Waals surface area contributed by atoms with Gasteiger partial charge in [-0.15, -0.1) is 0 Å². The molecule has 0 fully saturated rings. The van der Waals surface area contributed by atoms with Crippen molar-refractivity contribution in [1.82, 2.24) is 5.16 Å². The highest BCUT2D eigenvalue weighted by atomic mass is 16.5. The molecule has 0 aliphatic rings. The maximum absolute atomic E-state index is 5.50. The monoisotopic (exact) mass is 266 g/mol. The highest BCUT2D eigenvalue weighted by Crippen LogP contribution is 2.13. The van der Waals surface area contributed by atoms with E-state index in [0.717, 1.165) is 12.2 Å². The Kier molecular flexibility index (Phi) is 9.21. The van der Waals surface area contributed by atoms with E-state index in [1.54, 1.807) is 0 Å². The predicted molar refractivity (Wildman–Crippen MR) is 81.1 cm³/mol. The van der Waals surface area contributed by atoms with Crippen LogP contribution in [0.15, 0.2) is 10.6 Å². The first-order valence-electron chi connectivity index (χ1n) is 8.04. The van der Waals surface area contributed by atoms with Crippen LogP contribution in [-0.4, -0.2) is 5.16 Å². The molecule has 0 aliphatic carbocycles. The second-order valence-electron chi connectivity index (χ2n) is 5.50. The Bertz CT molecular complexity index is 309. The van der Waals surface area contributed by atoms with Crippen molar-refractivity contribution < 1.29 is 4.52 Å². The summed E-state index contributed by atoms with van der Waals surface area (Å²) in [6.07, 6.45) is 16.0. The molecule has 0 radical (unpaired) electrons. The highest BCUT2D eigenvalue weighted by molar-refractivity contribution is 5.26. The minimum Gasteiger partial charge on any atom is -0.381 e. The zero-order valence-corrected chi connectivity index (χ0v) is 12.5. The van der Waals surface area contributed by atoms with E-state index < -0.39 is 0 Å². The summed E-state index contributed by atoms with van der Waals surface area (Å²) in [5.74, 6) is 1.42. The second kappa shape index (κ2) is 10.9. The van der Waals surface area contributed by atoms with Crippen LogP contribution in [0.4, 0.5) is 5.82 Å². The van der Waals surface area contributed by atoms with Gasteiger partial charge in [-0.25, -0.2) is 0 Å². The summed E-state index contributed by atoms with van der Waals surface area (Å²) in [6.45, 7) is 2.27. The summed E-state index contributed by atoms with van der Waals surface area (Å²) < 4.78 is 5.08. The van der Waals surface area contributed by atoms with E-state index in [0.29, 0.717) is 5.82 Å². The molecule has 110 valence electrons. The van der Waals surface area contributed by atoms with Crippen molar-refractivity contribution in [3.8, 4) is 0 Å². The van der Waals surface area contributed by atoms with Crippen LogP contribution in [0.25, 0.3) is 0 Å². The quantitative estimate of drug-likeness (QED) is 0.535. The standard InChI is InChI=1S/C16H30N2O/c1-2-3-4-5-6-7-8-9-10-11-12-13-15-14-16(17)18-19-15/h14H,2-13H2,1H3,(H2,17,18). The van der Waals surface area contributed by atoms with Gasteiger partial charge in [0.05, 0.1) is 0 Å². The van der Waals surface area contributed by atoms with Gasteiger partial charge < -0.3 is 10.3 Å². The fourth-order valence-electron chi connectivity index (χ4n) is 2.41. The SMILES string of the molecule is CCCCCCCCCCCCCc1cc(N)no1. The average molecular weight is 266 g/mol. The Morgan fingerprint density at radius 1 is 0.895 bits per heavy atom. The summed E-state index contributed by atoms with van der Waals surface area (Å²) in [4.78, 5) is 0. The van der Waals surface area contributed by atoms with Gasteiger partial charge in [0.1, 0.15) is 5.76 Å². The van der Waals surface area contributed by atoms with Gasteiger partial charge in [0.15, 0.2) is 5.82 Å². The molecule has 0 aromatic carbocycles. The Balaban J connectivity index is 1.79. The fraction of sp³-hybridized carbons (Fsp3) is 0.812. The lowest BCUT2D eigenvalue weighted by Crippen LogP contribution is -1.85. The summed E-state index contributed by atoms with van der Waals surface area (Å²) in [5.41, 5.74) is 5.50. The van der Waals surface area contributed by atoms with Crippen molar-refractivity contribution in [3.05, 3.63) is 11.8 Å². The largest absolute Gasteiger partial charge is 0.381 e. The molecular formula is C16H30N2O. The zero-order valence-electron chi connectivity index (χ0n) is 12.5. The van der Waals surface area contributed by atoms with Crippen LogP contribution in [0.5, 0.6) is 0 Å². The number of unbranched alkanes of at least 4 members (excludes halogenated alkanes) is 10. The van der Waals surface area contributed by atoms with E-state index in [1.165, 1.54) is 70.6 Å². The fourth-order valence-corrected chi connectivity index (χ4v) is 2.41. The average Bonchev–Trinajstić information content (AvgIpc) is 2.82. The molecule has 0 saturated carbocycles. The first kappa shape index (κ1) is 16.1. The maximum Gasteiger partial charge on any atom is 0.167 e. The number of aryl methyl sites for hydroxylation is 1. The first-order chi connectivity index (χ1) is 9.33. The van der Waals surface area contributed by atoms with Gasteiger partial charge in [-0.3, -0.25) is 0 Å². The molecule has 19 heavy (non-hydrogen) atoms. The Morgan fingerprint density at radius 2 is 1.42 bits per heavy atom. The highest BCUT2D eigenvalue weighted by Gasteiger charge is 2.00. The molecule has 0 aliphatic heterocycles. The van der Waals surface area contributed by atoms with E-state index >= 15 is 0 Å². The van der Waals surface area contributed by atoms with Gasteiger partial charge >= 0.3 is 0 Å². The van der Waals surface area contributed by atoms with Crippen LogP contribution in [-0.2, 0) is 6.42 Å². The van der Waals surface area contributed by atoms with Crippen molar-refractivity contribution in [2.75, 3.05) is 5.73 Å². The second-order valence-corrected chi connectivity index (χ2v) is 5.50. The summed E-state index contributed by atoms with van der Waals surface area (Å²) in [7, 11) is 0.